The van der Waals surface area contributed by atoms with Gasteiger partial charge in [0.2, 0.25) is 0 Å². The Bertz CT molecular complexity index is 370. The second kappa shape index (κ2) is 5.55. The summed E-state index contributed by atoms with van der Waals surface area (Å²) in [5, 5.41) is 10.2. The van der Waals surface area contributed by atoms with Crippen molar-refractivity contribution in [3.8, 4) is 5.75 Å². The smallest absolute Gasteiger partial charge is 0.197 e. The first-order chi connectivity index (χ1) is 8.26. The number of nitrogen functional groups attached to an aromatic ring is 1. The molecular weight excluding hydrogens is 238 g/mol. The molecule has 1 aromatic rings. The number of anilines is 2. The molecule has 0 bridgehead atoms. The van der Waals surface area contributed by atoms with Crippen LogP contribution in [0.25, 0.3) is 0 Å². The quantitative estimate of drug-likeness (QED) is 0.851. The van der Waals surface area contributed by atoms with Crippen LogP contribution in [0, 0.1) is 5.92 Å². The summed E-state index contributed by atoms with van der Waals surface area (Å²) >= 11 is 1.38. The number of nitrogens with zero attached hydrogens (tertiary/aromatic N) is 2. The number of aliphatic hydroxyl groups excluding tert-OH is 1. The van der Waals surface area contributed by atoms with Crippen molar-refractivity contribution in [1.29, 1.82) is 0 Å². The van der Waals surface area contributed by atoms with E-state index in [1.165, 1.54) is 11.5 Å². The van der Waals surface area contributed by atoms with E-state index < -0.39 is 0 Å². The molecule has 0 saturated carbocycles. The number of piperidine rings is 1. The van der Waals surface area contributed by atoms with E-state index in [1.54, 1.807) is 0 Å². The molecule has 0 radical (unpaired) electrons. The third-order valence-electron chi connectivity index (χ3n) is 3.01. The topological polar surface area (TPSA) is 71.6 Å². The molecule has 0 aliphatic carbocycles. The Morgan fingerprint density at radius 1 is 1.65 bits per heavy atom. The standard InChI is InChI=1S/C11H19N3O2S/c1-2-16-9-10(12)13-17-11(9)14-5-3-4-8(6-14)7-15/h8,15H,2-7H2,1H3,(H2,12,13). The van der Waals surface area contributed by atoms with E-state index in [0.717, 1.165) is 30.9 Å². The molecule has 1 aliphatic heterocycles. The summed E-state index contributed by atoms with van der Waals surface area (Å²) in [4.78, 5) is 2.23. The van der Waals surface area contributed by atoms with Gasteiger partial charge in [-0.3, -0.25) is 0 Å². The van der Waals surface area contributed by atoms with E-state index in [2.05, 4.69) is 9.27 Å². The second-order valence-electron chi connectivity index (χ2n) is 4.27. The van der Waals surface area contributed by atoms with Gasteiger partial charge in [-0.25, -0.2) is 0 Å². The van der Waals surface area contributed by atoms with Crippen molar-refractivity contribution in [2.24, 2.45) is 5.92 Å². The summed E-state index contributed by atoms with van der Waals surface area (Å²) < 4.78 is 9.70. The Morgan fingerprint density at radius 2 is 2.47 bits per heavy atom. The molecule has 3 N–H and O–H groups in total. The maximum Gasteiger partial charge on any atom is 0.197 e. The van der Waals surface area contributed by atoms with Crippen LogP contribution in [0.2, 0.25) is 0 Å². The molecule has 1 aromatic heterocycles. The fourth-order valence-electron chi connectivity index (χ4n) is 2.16. The minimum Gasteiger partial charge on any atom is -0.487 e. The Balaban J connectivity index is 2.15. The fraction of sp³-hybridized carbons (Fsp3) is 0.727. The van der Waals surface area contributed by atoms with Gasteiger partial charge in [0.1, 0.15) is 0 Å². The molecule has 0 amide bonds. The molecule has 1 saturated heterocycles. The van der Waals surface area contributed by atoms with Crippen molar-refractivity contribution in [2.45, 2.75) is 19.8 Å². The number of rotatable bonds is 4. The molecule has 2 heterocycles. The number of aromatic nitrogens is 1. The van der Waals surface area contributed by atoms with Gasteiger partial charge in [0.15, 0.2) is 16.6 Å². The highest BCUT2D eigenvalue weighted by atomic mass is 32.1. The molecule has 5 nitrogen and oxygen atoms in total. The Morgan fingerprint density at radius 3 is 3.18 bits per heavy atom. The third kappa shape index (κ3) is 2.63. The van der Waals surface area contributed by atoms with E-state index in [0.29, 0.717) is 24.1 Å². The van der Waals surface area contributed by atoms with Crippen molar-refractivity contribution in [1.82, 2.24) is 4.37 Å². The number of hydrogen-bond donors (Lipinski definition) is 2. The fourth-order valence-corrected chi connectivity index (χ4v) is 2.96. The van der Waals surface area contributed by atoms with Crippen LogP contribution in [0.3, 0.4) is 0 Å². The molecule has 1 unspecified atom stereocenters. The average Bonchev–Trinajstić information content (AvgIpc) is 2.72. The zero-order chi connectivity index (χ0) is 12.3. The summed E-state index contributed by atoms with van der Waals surface area (Å²) in [6.45, 7) is 4.62. The number of hydrogen-bond acceptors (Lipinski definition) is 6. The van der Waals surface area contributed by atoms with Gasteiger partial charge in [0.05, 0.1) is 6.61 Å². The molecule has 17 heavy (non-hydrogen) atoms. The molecule has 6 heteroatoms. The summed E-state index contributed by atoms with van der Waals surface area (Å²) in [6.07, 6.45) is 2.18. The molecule has 96 valence electrons. The van der Waals surface area contributed by atoms with Crippen LogP contribution in [0.5, 0.6) is 5.75 Å². The first kappa shape index (κ1) is 12.4. The van der Waals surface area contributed by atoms with E-state index >= 15 is 0 Å². The highest BCUT2D eigenvalue weighted by molar-refractivity contribution is 7.11. The van der Waals surface area contributed by atoms with Gasteiger partial charge >= 0.3 is 0 Å². The Labute approximate surface area is 105 Å². The van der Waals surface area contributed by atoms with Gasteiger partial charge in [0.25, 0.3) is 0 Å². The Kier molecular flexibility index (Phi) is 4.06. The maximum atomic E-state index is 9.24. The number of aliphatic hydroxyl groups is 1. The van der Waals surface area contributed by atoms with Crippen LogP contribution < -0.4 is 15.4 Å². The van der Waals surface area contributed by atoms with Crippen LogP contribution in [-0.4, -0.2) is 35.8 Å². The Hall–Kier alpha value is -1.01. The third-order valence-corrected chi connectivity index (χ3v) is 3.91. The molecule has 1 fully saturated rings. The van der Waals surface area contributed by atoms with Crippen LogP contribution >= 0.6 is 11.5 Å². The minimum absolute atomic E-state index is 0.245. The molecule has 1 aliphatic rings. The van der Waals surface area contributed by atoms with E-state index in [9.17, 15) is 5.11 Å². The van der Waals surface area contributed by atoms with E-state index in [1.807, 2.05) is 6.92 Å². The van der Waals surface area contributed by atoms with Crippen LogP contribution in [0.15, 0.2) is 0 Å². The van der Waals surface area contributed by atoms with E-state index in [4.69, 9.17) is 10.5 Å². The molecular formula is C11H19N3O2S. The zero-order valence-electron chi connectivity index (χ0n) is 10.1. The largest absolute Gasteiger partial charge is 0.487 e. The lowest BCUT2D eigenvalue weighted by atomic mass is 9.99. The summed E-state index contributed by atoms with van der Waals surface area (Å²) in [7, 11) is 0. The van der Waals surface area contributed by atoms with Gasteiger partial charge in [-0.05, 0) is 37.2 Å². The molecule has 0 spiro atoms. The first-order valence-electron chi connectivity index (χ1n) is 6.00. The average molecular weight is 257 g/mol. The van der Waals surface area contributed by atoms with Crippen molar-refractivity contribution in [3.05, 3.63) is 0 Å². The maximum absolute atomic E-state index is 9.24. The summed E-state index contributed by atoms with van der Waals surface area (Å²) in [5.74, 6) is 1.52. The van der Waals surface area contributed by atoms with Crippen LogP contribution in [0.1, 0.15) is 19.8 Å². The van der Waals surface area contributed by atoms with Crippen molar-refractivity contribution >= 4 is 22.4 Å². The SMILES string of the molecule is CCOc1c(N)nsc1N1CCCC(CO)C1. The van der Waals surface area contributed by atoms with Crippen molar-refractivity contribution in [2.75, 3.05) is 36.9 Å². The normalized spacial score (nSPS) is 20.6. The van der Waals surface area contributed by atoms with Crippen LogP contribution in [-0.2, 0) is 0 Å². The lowest BCUT2D eigenvalue weighted by Crippen LogP contribution is -2.36. The highest BCUT2D eigenvalue weighted by Crippen LogP contribution is 2.39. The van der Waals surface area contributed by atoms with Gasteiger partial charge in [0, 0.05) is 19.7 Å². The monoisotopic (exact) mass is 257 g/mol. The minimum atomic E-state index is 0.245. The van der Waals surface area contributed by atoms with Crippen LogP contribution in [0.4, 0.5) is 10.8 Å². The lowest BCUT2D eigenvalue weighted by Gasteiger charge is -2.32. The molecule has 1 atom stereocenters. The lowest BCUT2D eigenvalue weighted by molar-refractivity contribution is 0.208. The van der Waals surface area contributed by atoms with Gasteiger partial charge < -0.3 is 20.5 Å². The number of nitrogens with two attached hydrogens (primary N) is 1. The predicted octanol–water partition coefficient (Wildman–Crippen LogP) is 1.33. The van der Waals surface area contributed by atoms with Gasteiger partial charge in [-0.1, -0.05) is 0 Å². The zero-order valence-corrected chi connectivity index (χ0v) is 10.9. The first-order valence-corrected chi connectivity index (χ1v) is 6.77. The predicted molar refractivity (Wildman–Crippen MR) is 69.7 cm³/mol. The van der Waals surface area contributed by atoms with E-state index in [-0.39, 0.29) is 6.61 Å². The number of ether oxygens (including phenoxy) is 1. The molecule has 2 rings (SSSR count). The summed E-state index contributed by atoms with van der Waals surface area (Å²) in [5.41, 5.74) is 5.80. The van der Waals surface area contributed by atoms with Gasteiger partial charge in [-0.2, -0.15) is 4.37 Å². The highest BCUT2D eigenvalue weighted by Gasteiger charge is 2.25. The van der Waals surface area contributed by atoms with Crippen molar-refractivity contribution < 1.29 is 9.84 Å². The van der Waals surface area contributed by atoms with Crippen molar-refractivity contribution in [3.63, 3.8) is 0 Å². The summed E-state index contributed by atoms with van der Waals surface area (Å²) in [6, 6.07) is 0. The second-order valence-corrected chi connectivity index (χ2v) is 5.02. The van der Waals surface area contributed by atoms with Gasteiger partial charge in [-0.15, -0.1) is 0 Å². The molecule has 0 aromatic carbocycles.